The van der Waals surface area contributed by atoms with Crippen molar-refractivity contribution in [1.82, 2.24) is 0 Å². The van der Waals surface area contributed by atoms with Gasteiger partial charge in [-0.15, -0.1) is 0 Å². The quantitative estimate of drug-likeness (QED) is 0.709. The van der Waals surface area contributed by atoms with Gasteiger partial charge < -0.3 is 4.74 Å². The Hall–Kier alpha value is -1.57. The Bertz CT molecular complexity index is 628. The van der Waals surface area contributed by atoms with Crippen LogP contribution in [0.15, 0.2) is 66.7 Å². The standard InChI is InChI=1S/C18H17ClO/c1-17(2)12-13-18(20-17,14-6-4-3-5-7-14)15-8-10-16(19)11-9-15/h3-13H,1-2H3/t18-/m1/s1. The van der Waals surface area contributed by atoms with Crippen molar-refractivity contribution >= 4 is 11.6 Å². The van der Waals surface area contributed by atoms with Gasteiger partial charge >= 0.3 is 0 Å². The average Bonchev–Trinajstić information content (AvgIpc) is 2.78. The molecule has 3 rings (SSSR count). The maximum Gasteiger partial charge on any atom is 0.138 e. The molecule has 0 saturated heterocycles. The second kappa shape index (κ2) is 4.76. The third-order valence-electron chi connectivity index (χ3n) is 3.62. The Kier molecular flexibility index (Phi) is 3.19. The number of benzene rings is 2. The molecular weight excluding hydrogens is 268 g/mol. The third-order valence-corrected chi connectivity index (χ3v) is 3.87. The predicted molar refractivity (Wildman–Crippen MR) is 83.0 cm³/mol. The van der Waals surface area contributed by atoms with Crippen LogP contribution in [0.25, 0.3) is 0 Å². The summed E-state index contributed by atoms with van der Waals surface area (Å²) < 4.78 is 6.39. The predicted octanol–water partition coefficient (Wildman–Crippen LogP) is 4.95. The topological polar surface area (TPSA) is 9.23 Å². The molecule has 102 valence electrons. The molecule has 0 saturated carbocycles. The van der Waals surface area contributed by atoms with Gasteiger partial charge in [0.2, 0.25) is 0 Å². The summed E-state index contributed by atoms with van der Waals surface area (Å²) in [4.78, 5) is 0. The summed E-state index contributed by atoms with van der Waals surface area (Å²) in [5.41, 5.74) is 1.41. The molecule has 2 aromatic rings. The number of halogens is 1. The molecule has 2 aromatic carbocycles. The van der Waals surface area contributed by atoms with Gasteiger partial charge in [-0.25, -0.2) is 0 Å². The zero-order chi connectivity index (χ0) is 14.2. The maximum atomic E-state index is 6.39. The van der Waals surface area contributed by atoms with Crippen molar-refractivity contribution in [2.24, 2.45) is 0 Å². The molecule has 0 fully saturated rings. The van der Waals surface area contributed by atoms with E-state index in [1.54, 1.807) is 0 Å². The zero-order valence-corrected chi connectivity index (χ0v) is 12.4. The Morgan fingerprint density at radius 2 is 1.40 bits per heavy atom. The molecule has 1 nitrogen and oxygen atoms in total. The second-order valence-electron chi connectivity index (χ2n) is 5.65. The van der Waals surface area contributed by atoms with E-state index in [2.05, 4.69) is 38.1 Å². The molecule has 1 heterocycles. The van der Waals surface area contributed by atoms with Crippen molar-refractivity contribution in [3.8, 4) is 0 Å². The lowest BCUT2D eigenvalue weighted by Crippen LogP contribution is -2.32. The molecule has 1 aliphatic rings. The molecule has 0 amide bonds. The van der Waals surface area contributed by atoms with Gasteiger partial charge in [0.15, 0.2) is 0 Å². The number of ether oxygens (including phenoxy) is 1. The smallest absolute Gasteiger partial charge is 0.138 e. The minimum atomic E-state index is -0.532. The van der Waals surface area contributed by atoms with Gasteiger partial charge in [0.1, 0.15) is 5.60 Å². The average molecular weight is 285 g/mol. The fourth-order valence-corrected chi connectivity index (χ4v) is 2.79. The summed E-state index contributed by atoms with van der Waals surface area (Å²) in [6.45, 7) is 4.15. The van der Waals surface area contributed by atoms with Gasteiger partial charge in [0.25, 0.3) is 0 Å². The van der Waals surface area contributed by atoms with Crippen molar-refractivity contribution < 1.29 is 4.74 Å². The first-order chi connectivity index (χ1) is 9.52. The summed E-state index contributed by atoms with van der Waals surface area (Å²) in [6, 6.07) is 18.2. The molecule has 0 bridgehead atoms. The summed E-state index contributed by atoms with van der Waals surface area (Å²) in [7, 11) is 0. The van der Waals surface area contributed by atoms with Gasteiger partial charge in [-0.05, 0) is 43.2 Å². The van der Waals surface area contributed by atoms with Crippen molar-refractivity contribution in [3.63, 3.8) is 0 Å². The first-order valence-corrected chi connectivity index (χ1v) is 7.12. The highest BCUT2D eigenvalue weighted by atomic mass is 35.5. The minimum absolute atomic E-state index is 0.282. The minimum Gasteiger partial charge on any atom is -0.352 e. The highest BCUT2D eigenvalue weighted by Crippen LogP contribution is 2.44. The highest BCUT2D eigenvalue weighted by molar-refractivity contribution is 6.30. The van der Waals surface area contributed by atoms with Crippen molar-refractivity contribution in [2.45, 2.75) is 25.0 Å². The van der Waals surface area contributed by atoms with Crippen LogP contribution >= 0.6 is 11.6 Å². The lowest BCUT2D eigenvalue weighted by Gasteiger charge is -2.33. The van der Waals surface area contributed by atoms with Crippen LogP contribution in [0.4, 0.5) is 0 Å². The maximum absolute atomic E-state index is 6.39. The lowest BCUT2D eigenvalue weighted by molar-refractivity contribution is -0.0498. The van der Waals surface area contributed by atoms with Crippen LogP contribution in [0.2, 0.25) is 5.02 Å². The van der Waals surface area contributed by atoms with E-state index in [4.69, 9.17) is 16.3 Å². The molecule has 0 unspecified atom stereocenters. The molecule has 0 spiro atoms. The van der Waals surface area contributed by atoms with Crippen molar-refractivity contribution in [3.05, 3.63) is 82.9 Å². The van der Waals surface area contributed by atoms with Gasteiger partial charge in [-0.2, -0.15) is 0 Å². The van der Waals surface area contributed by atoms with E-state index >= 15 is 0 Å². The Morgan fingerprint density at radius 3 is 1.95 bits per heavy atom. The fraction of sp³-hybridized carbons (Fsp3) is 0.222. The van der Waals surface area contributed by atoms with E-state index in [1.807, 2.05) is 42.5 Å². The van der Waals surface area contributed by atoms with E-state index < -0.39 is 5.60 Å². The molecular formula is C18H17ClO. The van der Waals surface area contributed by atoms with Crippen LogP contribution in [0.5, 0.6) is 0 Å². The van der Waals surface area contributed by atoms with E-state index in [0.29, 0.717) is 0 Å². The van der Waals surface area contributed by atoms with Crippen LogP contribution in [0.3, 0.4) is 0 Å². The highest BCUT2D eigenvalue weighted by Gasteiger charge is 2.42. The normalized spacial score (nSPS) is 23.9. The molecule has 0 aliphatic carbocycles. The molecule has 20 heavy (non-hydrogen) atoms. The molecule has 0 radical (unpaired) electrons. The van der Waals surface area contributed by atoms with E-state index in [0.717, 1.165) is 16.1 Å². The monoisotopic (exact) mass is 284 g/mol. The molecule has 0 aromatic heterocycles. The van der Waals surface area contributed by atoms with Crippen molar-refractivity contribution in [2.75, 3.05) is 0 Å². The Balaban J connectivity index is 2.15. The lowest BCUT2D eigenvalue weighted by atomic mass is 9.86. The largest absolute Gasteiger partial charge is 0.352 e. The summed E-state index contributed by atoms with van der Waals surface area (Å²) in [5, 5.41) is 0.734. The first kappa shape index (κ1) is 13.4. The van der Waals surface area contributed by atoms with Gasteiger partial charge in [-0.3, -0.25) is 0 Å². The fourth-order valence-electron chi connectivity index (χ4n) is 2.66. The summed E-state index contributed by atoms with van der Waals surface area (Å²) in [6.07, 6.45) is 4.26. The van der Waals surface area contributed by atoms with Crippen molar-refractivity contribution in [1.29, 1.82) is 0 Å². The molecule has 2 heteroatoms. The van der Waals surface area contributed by atoms with E-state index in [1.165, 1.54) is 0 Å². The number of hydrogen-bond donors (Lipinski definition) is 0. The first-order valence-electron chi connectivity index (χ1n) is 6.74. The van der Waals surface area contributed by atoms with Crippen LogP contribution in [-0.2, 0) is 10.3 Å². The molecule has 1 aliphatic heterocycles. The van der Waals surface area contributed by atoms with Gasteiger partial charge in [0.05, 0.1) is 5.60 Å². The number of hydrogen-bond acceptors (Lipinski definition) is 1. The third kappa shape index (κ3) is 2.28. The van der Waals surface area contributed by atoms with Crippen LogP contribution in [-0.4, -0.2) is 5.60 Å². The SMILES string of the molecule is CC1(C)C=C[C@@](c2ccccc2)(c2ccc(Cl)cc2)O1. The van der Waals surface area contributed by atoms with E-state index in [-0.39, 0.29) is 5.60 Å². The zero-order valence-electron chi connectivity index (χ0n) is 11.6. The second-order valence-corrected chi connectivity index (χ2v) is 6.08. The Morgan fingerprint density at radius 1 is 0.800 bits per heavy atom. The van der Waals surface area contributed by atoms with Gasteiger partial charge in [0, 0.05) is 5.02 Å². The van der Waals surface area contributed by atoms with Crippen LogP contribution < -0.4 is 0 Å². The molecule has 1 atom stereocenters. The molecule has 0 N–H and O–H groups in total. The van der Waals surface area contributed by atoms with Crippen LogP contribution in [0.1, 0.15) is 25.0 Å². The number of rotatable bonds is 2. The Labute approximate surface area is 124 Å². The van der Waals surface area contributed by atoms with Gasteiger partial charge in [-0.1, -0.05) is 60.1 Å². The summed E-state index contributed by atoms with van der Waals surface area (Å²) >= 11 is 6.01. The summed E-state index contributed by atoms with van der Waals surface area (Å²) in [5.74, 6) is 0. The van der Waals surface area contributed by atoms with E-state index in [9.17, 15) is 0 Å². The van der Waals surface area contributed by atoms with Crippen LogP contribution in [0, 0.1) is 0 Å².